The van der Waals surface area contributed by atoms with E-state index in [9.17, 15) is 9.59 Å². The summed E-state index contributed by atoms with van der Waals surface area (Å²) in [5.41, 5.74) is 8.11. The number of thioether (sulfide) groups is 1. The number of fused-ring (bicyclic) bond motifs is 1. The molecule has 3 atom stereocenters. The summed E-state index contributed by atoms with van der Waals surface area (Å²) < 4.78 is 13.2. The molecule has 0 saturated carbocycles. The van der Waals surface area contributed by atoms with E-state index in [-0.39, 0.29) is 41.7 Å². The molecule has 2 aromatic carbocycles. The van der Waals surface area contributed by atoms with Gasteiger partial charge in [-0.3, -0.25) is 0 Å². The van der Waals surface area contributed by atoms with Crippen molar-refractivity contribution >= 4 is 40.7 Å². The van der Waals surface area contributed by atoms with Crippen molar-refractivity contribution in [1.29, 1.82) is 0 Å². The van der Waals surface area contributed by atoms with Crippen molar-refractivity contribution in [1.82, 2.24) is 19.5 Å². The molecule has 3 heterocycles. The highest BCUT2D eigenvalue weighted by atomic mass is 32.2. The smallest absolute Gasteiger partial charge is 0.338 e. The number of carbonyl (C=O) groups is 2. The second kappa shape index (κ2) is 10.1. The van der Waals surface area contributed by atoms with Gasteiger partial charge < -0.3 is 19.8 Å². The van der Waals surface area contributed by atoms with E-state index >= 15 is 0 Å². The lowest BCUT2D eigenvalue weighted by Gasteiger charge is -2.18. The molecule has 0 spiro atoms. The summed E-state index contributed by atoms with van der Waals surface area (Å²) in [5, 5.41) is -0.136. The van der Waals surface area contributed by atoms with Crippen molar-refractivity contribution in [3.05, 3.63) is 84.4 Å². The molecule has 1 aliphatic rings. The largest absolute Gasteiger partial charge is 0.462 e. The van der Waals surface area contributed by atoms with E-state index in [1.165, 1.54) is 6.33 Å². The number of hydrogen-bond acceptors (Lipinski definition) is 9. The Morgan fingerprint density at radius 1 is 0.914 bits per heavy atom. The molecule has 9 nitrogen and oxygen atoms in total. The molecule has 2 aromatic heterocycles. The van der Waals surface area contributed by atoms with Crippen molar-refractivity contribution in [2.24, 2.45) is 5.92 Å². The lowest BCUT2D eigenvalue weighted by Crippen LogP contribution is -2.25. The zero-order valence-corrected chi connectivity index (χ0v) is 19.5. The molecule has 1 fully saturated rings. The van der Waals surface area contributed by atoms with Crippen LogP contribution in [0.4, 0.5) is 5.82 Å². The van der Waals surface area contributed by atoms with Gasteiger partial charge in [0.15, 0.2) is 11.5 Å². The minimum atomic E-state index is -0.386. The Bertz CT molecular complexity index is 1270. The van der Waals surface area contributed by atoms with Crippen LogP contribution in [0.5, 0.6) is 0 Å². The SMILES string of the molecule is Nc1ncnc2c1ncn2[C@@H]1C[C@H](COC(=O)c2ccccc2)[C@@H](COC(=O)c2ccccc2)S1. The average molecular weight is 490 g/mol. The van der Waals surface area contributed by atoms with Crippen LogP contribution in [0.15, 0.2) is 73.3 Å². The van der Waals surface area contributed by atoms with E-state index in [0.717, 1.165) is 0 Å². The predicted octanol–water partition coefficient (Wildman–Crippen LogP) is 3.74. The number of nitrogen functional groups attached to an aromatic ring is 1. The number of anilines is 1. The van der Waals surface area contributed by atoms with Gasteiger partial charge in [0.1, 0.15) is 18.5 Å². The Morgan fingerprint density at radius 2 is 1.54 bits per heavy atom. The van der Waals surface area contributed by atoms with Gasteiger partial charge >= 0.3 is 11.9 Å². The number of nitrogens with zero attached hydrogens (tertiary/aromatic N) is 4. The van der Waals surface area contributed by atoms with Crippen LogP contribution >= 0.6 is 11.8 Å². The van der Waals surface area contributed by atoms with Gasteiger partial charge in [0.25, 0.3) is 0 Å². The maximum Gasteiger partial charge on any atom is 0.338 e. The van der Waals surface area contributed by atoms with Gasteiger partial charge in [-0.15, -0.1) is 11.8 Å². The second-order valence-electron chi connectivity index (χ2n) is 8.14. The van der Waals surface area contributed by atoms with Crippen LogP contribution in [0.3, 0.4) is 0 Å². The van der Waals surface area contributed by atoms with E-state index in [2.05, 4.69) is 15.0 Å². The third kappa shape index (κ3) is 4.97. The molecule has 35 heavy (non-hydrogen) atoms. The molecular weight excluding hydrogens is 466 g/mol. The molecule has 1 saturated heterocycles. The van der Waals surface area contributed by atoms with Gasteiger partial charge in [-0.2, -0.15) is 0 Å². The maximum atomic E-state index is 12.5. The van der Waals surface area contributed by atoms with Crippen molar-refractivity contribution < 1.29 is 19.1 Å². The minimum Gasteiger partial charge on any atom is -0.462 e. The molecule has 0 unspecified atom stereocenters. The van der Waals surface area contributed by atoms with Gasteiger partial charge in [0.2, 0.25) is 0 Å². The first-order chi connectivity index (χ1) is 17.1. The number of esters is 2. The number of aromatic nitrogens is 4. The van der Waals surface area contributed by atoms with E-state index < -0.39 is 0 Å². The van der Waals surface area contributed by atoms with Gasteiger partial charge in [0.05, 0.1) is 29.4 Å². The van der Waals surface area contributed by atoms with Gasteiger partial charge in [-0.05, 0) is 30.7 Å². The number of nitrogens with two attached hydrogens (primary N) is 1. The molecule has 0 bridgehead atoms. The molecule has 178 valence electrons. The lowest BCUT2D eigenvalue weighted by molar-refractivity contribution is 0.0365. The summed E-state index contributed by atoms with van der Waals surface area (Å²) in [7, 11) is 0. The fourth-order valence-electron chi connectivity index (χ4n) is 4.05. The van der Waals surface area contributed by atoms with E-state index in [1.807, 2.05) is 16.7 Å². The number of hydrogen-bond donors (Lipinski definition) is 1. The van der Waals surface area contributed by atoms with E-state index in [1.54, 1.807) is 66.6 Å². The molecule has 4 aromatic rings. The zero-order chi connectivity index (χ0) is 24.2. The number of carbonyl (C=O) groups excluding carboxylic acids is 2. The topological polar surface area (TPSA) is 122 Å². The summed E-state index contributed by atoms with van der Waals surface area (Å²) >= 11 is 1.64. The predicted molar refractivity (Wildman–Crippen MR) is 132 cm³/mol. The Kier molecular flexibility index (Phi) is 6.62. The zero-order valence-electron chi connectivity index (χ0n) is 18.7. The third-order valence-electron chi connectivity index (χ3n) is 5.89. The van der Waals surface area contributed by atoms with Crippen LogP contribution in [0, 0.1) is 5.92 Å². The third-order valence-corrected chi connectivity index (χ3v) is 7.49. The van der Waals surface area contributed by atoms with Crippen LogP contribution < -0.4 is 5.73 Å². The monoisotopic (exact) mass is 489 g/mol. The Balaban J connectivity index is 1.32. The maximum absolute atomic E-state index is 12.5. The first-order valence-corrected chi connectivity index (χ1v) is 12.1. The summed E-state index contributed by atoms with van der Waals surface area (Å²) in [6.07, 6.45) is 3.78. The molecule has 10 heteroatoms. The fraction of sp³-hybridized carbons (Fsp3) is 0.240. The van der Waals surface area contributed by atoms with Gasteiger partial charge in [-0.25, -0.2) is 24.5 Å². The Labute approximate surface area is 205 Å². The standard InChI is InChI=1S/C25H23N5O4S/c26-22-21-23(28-14-27-22)30(15-29-21)20-11-18(12-33-24(31)16-7-3-1-4-8-16)19(35-20)13-34-25(32)17-9-5-2-6-10-17/h1-10,14-15,18-20H,11-13H2,(H2,26,27,28)/t18-,19-,20+/m1/s1. The van der Waals surface area contributed by atoms with Crippen LogP contribution in [0.25, 0.3) is 11.2 Å². The first kappa shape index (κ1) is 22.9. The van der Waals surface area contributed by atoms with Gasteiger partial charge in [0, 0.05) is 11.2 Å². The van der Waals surface area contributed by atoms with Crippen LogP contribution in [0.2, 0.25) is 0 Å². The number of imidazole rings is 1. The molecule has 0 radical (unpaired) electrons. The van der Waals surface area contributed by atoms with Crippen molar-refractivity contribution in [3.8, 4) is 0 Å². The summed E-state index contributed by atoms with van der Waals surface area (Å²) in [6.45, 7) is 0.390. The minimum absolute atomic E-state index is 0.0436. The summed E-state index contributed by atoms with van der Waals surface area (Å²) in [4.78, 5) is 37.8. The molecular formula is C25H23N5O4S. The number of ether oxygens (including phenoxy) is 2. The normalized spacial score (nSPS) is 19.5. The number of benzene rings is 2. The molecule has 0 amide bonds. The number of rotatable bonds is 7. The highest BCUT2D eigenvalue weighted by molar-refractivity contribution is 8.00. The highest BCUT2D eigenvalue weighted by Crippen LogP contribution is 2.46. The molecule has 5 rings (SSSR count). The first-order valence-electron chi connectivity index (χ1n) is 11.1. The van der Waals surface area contributed by atoms with Crippen molar-refractivity contribution in [2.75, 3.05) is 18.9 Å². The van der Waals surface area contributed by atoms with E-state index in [4.69, 9.17) is 15.2 Å². The highest BCUT2D eigenvalue weighted by Gasteiger charge is 2.38. The second-order valence-corrected chi connectivity index (χ2v) is 9.56. The lowest BCUT2D eigenvalue weighted by atomic mass is 10.0. The van der Waals surface area contributed by atoms with Crippen LogP contribution in [-0.4, -0.2) is 49.9 Å². The fourth-order valence-corrected chi connectivity index (χ4v) is 5.65. The summed E-state index contributed by atoms with van der Waals surface area (Å²) in [6, 6.07) is 17.7. The van der Waals surface area contributed by atoms with Gasteiger partial charge in [-0.1, -0.05) is 36.4 Å². The average Bonchev–Trinajstić information content (AvgIpc) is 3.51. The van der Waals surface area contributed by atoms with Crippen molar-refractivity contribution in [2.45, 2.75) is 17.0 Å². The quantitative estimate of drug-likeness (QED) is 0.387. The Morgan fingerprint density at radius 3 is 2.20 bits per heavy atom. The molecule has 1 aliphatic heterocycles. The Hall–Kier alpha value is -3.92. The summed E-state index contributed by atoms with van der Waals surface area (Å²) in [5.74, 6) is -0.493. The van der Waals surface area contributed by atoms with Crippen molar-refractivity contribution in [3.63, 3.8) is 0 Å². The van der Waals surface area contributed by atoms with Crippen LogP contribution in [-0.2, 0) is 9.47 Å². The molecule has 0 aliphatic carbocycles. The van der Waals surface area contributed by atoms with Crippen LogP contribution in [0.1, 0.15) is 32.5 Å². The van der Waals surface area contributed by atoms with E-state index in [0.29, 0.717) is 34.5 Å². The molecule has 2 N–H and O–H groups in total.